The van der Waals surface area contributed by atoms with Crippen molar-refractivity contribution < 1.29 is 0 Å². The van der Waals surface area contributed by atoms with Crippen molar-refractivity contribution in [3.8, 4) is 0 Å². The van der Waals surface area contributed by atoms with E-state index in [1.807, 2.05) is 0 Å². The van der Waals surface area contributed by atoms with Crippen molar-refractivity contribution in [2.45, 2.75) is 13.8 Å². The lowest BCUT2D eigenvalue weighted by molar-refractivity contribution is 1.29. The summed E-state index contributed by atoms with van der Waals surface area (Å²) in [5.74, 6) is 0.519. The highest BCUT2D eigenvalue weighted by molar-refractivity contribution is 5.79. The molecule has 0 aromatic heterocycles. The van der Waals surface area contributed by atoms with Crippen molar-refractivity contribution in [1.82, 2.24) is 0 Å². The zero-order chi connectivity index (χ0) is 7.28. The SMILES string of the molecule is CC(N)=N/C(C)=C/C=N. The molecule has 0 spiro atoms. The molecule has 0 aliphatic rings. The summed E-state index contributed by atoms with van der Waals surface area (Å²) < 4.78 is 0. The Hall–Kier alpha value is -1.12. The van der Waals surface area contributed by atoms with E-state index < -0.39 is 0 Å². The van der Waals surface area contributed by atoms with Gasteiger partial charge in [0, 0.05) is 11.9 Å². The van der Waals surface area contributed by atoms with E-state index in [9.17, 15) is 0 Å². The molecule has 0 saturated carbocycles. The number of allylic oxidation sites excluding steroid dienone is 2. The first kappa shape index (κ1) is 7.88. The monoisotopic (exact) mass is 125 g/mol. The third-order valence-corrected chi connectivity index (χ3v) is 0.677. The molecule has 0 saturated heterocycles. The minimum absolute atomic E-state index is 0.519. The highest BCUT2D eigenvalue weighted by Crippen LogP contribution is 1.90. The fourth-order valence-corrected chi connectivity index (χ4v) is 0.436. The van der Waals surface area contributed by atoms with Crippen LogP contribution in [0.1, 0.15) is 13.8 Å². The Labute approximate surface area is 54.8 Å². The van der Waals surface area contributed by atoms with E-state index in [1.165, 1.54) is 6.21 Å². The summed E-state index contributed by atoms with van der Waals surface area (Å²) >= 11 is 0. The first-order valence-electron chi connectivity index (χ1n) is 2.65. The van der Waals surface area contributed by atoms with Crippen molar-refractivity contribution in [3.63, 3.8) is 0 Å². The van der Waals surface area contributed by atoms with E-state index in [2.05, 4.69) is 4.99 Å². The molecule has 50 valence electrons. The van der Waals surface area contributed by atoms with Gasteiger partial charge in [0.2, 0.25) is 0 Å². The lowest BCUT2D eigenvalue weighted by Crippen LogP contribution is -2.04. The Balaban J connectivity index is 4.05. The number of amidine groups is 1. The van der Waals surface area contributed by atoms with Gasteiger partial charge in [-0.1, -0.05) is 0 Å². The average Bonchev–Trinajstić information content (AvgIpc) is 1.63. The number of hydrogen-bond acceptors (Lipinski definition) is 2. The number of nitrogens with one attached hydrogen (secondary N) is 1. The van der Waals surface area contributed by atoms with Crippen molar-refractivity contribution in [1.29, 1.82) is 5.41 Å². The molecule has 3 N–H and O–H groups in total. The number of hydrogen-bond donors (Lipinski definition) is 2. The number of rotatable bonds is 2. The summed E-state index contributed by atoms with van der Waals surface area (Å²) in [7, 11) is 0. The molecule has 0 aliphatic carbocycles. The van der Waals surface area contributed by atoms with Crippen molar-refractivity contribution in [2.75, 3.05) is 0 Å². The van der Waals surface area contributed by atoms with Crippen LogP contribution in [0.2, 0.25) is 0 Å². The molecule has 0 bridgehead atoms. The third-order valence-electron chi connectivity index (χ3n) is 0.677. The fourth-order valence-electron chi connectivity index (χ4n) is 0.436. The van der Waals surface area contributed by atoms with Crippen LogP contribution in [0, 0.1) is 5.41 Å². The second kappa shape index (κ2) is 3.83. The first-order chi connectivity index (χ1) is 4.16. The molecule has 9 heavy (non-hydrogen) atoms. The third kappa shape index (κ3) is 4.74. The summed E-state index contributed by atoms with van der Waals surface area (Å²) in [5, 5.41) is 6.67. The maximum absolute atomic E-state index is 6.67. The van der Waals surface area contributed by atoms with Crippen LogP contribution < -0.4 is 5.73 Å². The molecule has 0 aromatic carbocycles. The molecule has 0 aromatic rings. The summed E-state index contributed by atoms with van der Waals surface area (Å²) in [6.07, 6.45) is 2.76. The minimum atomic E-state index is 0.519. The molecular weight excluding hydrogens is 114 g/mol. The predicted octanol–water partition coefficient (Wildman–Crippen LogP) is 0.917. The van der Waals surface area contributed by atoms with Crippen LogP contribution in [0.5, 0.6) is 0 Å². The van der Waals surface area contributed by atoms with Crippen molar-refractivity contribution in [3.05, 3.63) is 11.8 Å². The lowest BCUT2D eigenvalue weighted by Gasteiger charge is -1.89. The van der Waals surface area contributed by atoms with Gasteiger partial charge < -0.3 is 11.1 Å². The van der Waals surface area contributed by atoms with Gasteiger partial charge in [-0.2, -0.15) is 0 Å². The number of nitrogens with two attached hydrogens (primary N) is 1. The highest BCUT2D eigenvalue weighted by atomic mass is 14.8. The summed E-state index contributed by atoms with van der Waals surface area (Å²) in [4.78, 5) is 3.87. The highest BCUT2D eigenvalue weighted by Gasteiger charge is 1.80. The molecule has 0 radical (unpaired) electrons. The minimum Gasteiger partial charge on any atom is -0.387 e. The maximum atomic E-state index is 6.67. The largest absolute Gasteiger partial charge is 0.387 e. The van der Waals surface area contributed by atoms with Crippen LogP contribution in [0.4, 0.5) is 0 Å². The zero-order valence-corrected chi connectivity index (χ0v) is 5.68. The van der Waals surface area contributed by atoms with Crippen LogP contribution >= 0.6 is 0 Å². The predicted molar refractivity (Wildman–Crippen MR) is 39.8 cm³/mol. The summed E-state index contributed by atoms with van der Waals surface area (Å²) in [5.41, 5.74) is 6.01. The molecule has 0 amide bonds. The Kier molecular flexibility index (Phi) is 3.35. The molecule has 0 aliphatic heterocycles. The molecule has 3 nitrogen and oxygen atoms in total. The van der Waals surface area contributed by atoms with E-state index >= 15 is 0 Å². The zero-order valence-electron chi connectivity index (χ0n) is 5.68. The Morgan fingerprint density at radius 1 is 1.56 bits per heavy atom. The van der Waals surface area contributed by atoms with Crippen LogP contribution in [0.15, 0.2) is 16.8 Å². The van der Waals surface area contributed by atoms with E-state index in [-0.39, 0.29) is 0 Å². The number of nitrogens with zero attached hydrogens (tertiary/aromatic N) is 1. The summed E-state index contributed by atoms with van der Waals surface area (Å²) in [6, 6.07) is 0. The Bertz CT molecular complexity index is 152. The van der Waals surface area contributed by atoms with Crippen molar-refractivity contribution >= 4 is 12.1 Å². The fraction of sp³-hybridized carbons (Fsp3) is 0.333. The quantitative estimate of drug-likeness (QED) is 0.418. The van der Waals surface area contributed by atoms with Gasteiger partial charge in [0.1, 0.15) is 0 Å². The van der Waals surface area contributed by atoms with Crippen molar-refractivity contribution in [2.24, 2.45) is 10.7 Å². The van der Waals surface area contributed by atoms with Gasteiger partial charge >= 0.3 is 0 Å². The van der Waals surface area contributed by atoms with E-state index in [4.69, 9.17) is 11.1 Å². The van der Waals surface area contributed by atoms with Gasteiger partial charge in [0.15, 0.2) is 0 Å². The van der Waals surface area contributed by atoms with Gasteiger partial charge in [-0.3, -0.25) is 0 Å². The van der Waals surface area contributed by atoms with Crippen LogP contribution in [0.25, 0.3) is 0 Å². The standard InChI is InChI=1S/C6H11N3/c1-5(3-4-7)9-6(2)8/h3-4,7H,1-2H3,(H2,8,9)/b5-3+,7-4?. The van der Waals surface area contributed by atoms with E-state index in [1.54, 1.807) is 19.9 Å². The Morgan fingerprint density at radius 3 is 2.44 bits per heavy atom. The van der Waals surface area contributed by atoms with Gasteiger partial charge in [0.25, 0.3) is 0 Å². The smallest absolute Gasteiger partial charge is 0.0960 e. The first-order valence-corrected chi connectivity index (χ1v) is 2.65. The molecular formula is C6H11N3. The van der Waals surface area contributed by atoms with Gasteiger partial charge in [-0.25, -0.2) is 4.99 Å². The molecule has 0 heterocycles. The van der Waals surface area contributed by atoms with Gasteiger partial charge in [-0.05, 0) is 19.9 Å². The topological polar surface area (TPSA) is 62.2 Å². The molecule has 3 heteroatoms. The van der Waals surface area contributed by atoms with Gasteiger partial charge in [0.05, 0.1) is 5.84 Å². The number of aliphatic imine (C=N–C) groups is 1. The van der Waals surface area contributed by atoms with Crippen LogP contribution in [-0.4, -0.2) is 12.1 Å². The van der Waals surface area contributed by atoms with E-state index in [0.717, 1.165) is 5.70 Å². The van der Waals surface area contributed by atoms with E-state index in [0.29, 0.717) is 5.84 Å². The normalized spacial score (nSPS) is 13.6. The molecule has 0 unspecified atom stereocenters. The van der Waals surface area contributed by atoms with Crippen LogP contribution in [0.3, 0.4) is 0 Å². The second-order valence-corrected chi connectivity index (χ2v) is 1.73. The lowest BCUT2D eigenvalue weighted by atomic mass is 10.4. The molecule has 0 fully saturated rings. The second-order valence-electron chi connectivity index (χ2n) is 1.73. The van der Waals surface area contributed by atoms with Crippen LogP contribution in [-0.2, 0) is 0 Å². The summed E-state index contributed by atoms with van der Waals surface area (Å²) in [6.45, 7) is 3.50. The maximum Gasteiger partial charge on any atom is 0.0960 e. The Morgan fingerprint density at radius 2 is 2.11 bits per heavy atom. The molecule has 0 atom stereocenters. The molecule has 0 rings (SSSR count). The van der Waals surface area contributed by atoms with Gasteiger partial charge in [-0.15, -0.1) is 0 Å². The average molecular weight is 125 g/mol.